The number of benzene rings is 2. The number of rotatable bonds is 7. The Morgan fingerprint density at radius 2 is 1.78 bits per heavy atom. The van der Waals surface area contributed by atoms with Gasteiger partial charge in [-0.2, -0.15) is 0 Å². The normalized spacial score (nSPS) is 15.1. The van der Waals surface area contributed by atoms with Gasteiger partial charge in [0, 0.05) is 15.4 Å². The fourth-order valence-electron chi connectivity index (χ4n) is 2.43. The van der Waals surface area contributed by atoms with E-state index in [1.807, 2.05) is 26.0 Å². The van der Waals surface area contributed by atoms with Crippen molar-refractivity contribution < 1.29 is 13.7 Å². The summed E-state index contributed by atoms with van der Waals surface area (Å²) >= 11 is 0. The summed E-state index contributed by atoms with van der Waals surface area (Å²) in [5.74, 6) is 0. The number of alkyl halides is 1. The minimum Gasteiger partial charge on any atom is -0.390 e. The van der Waals surface area contributed by atoms with Crippen molar-refractivity contribution >= 4 is 10.8 Å². The van der Waals surface area contributed by atoms with Gasteiger partial charge < -0.3 is 5.11 Å². The summed E-state index contributed by atoms with van der Waals surface area (Å²) < 4.78 is 27.5. The second-order valence-electron chi connectivity index (χ2n) is 5.73. The van der Waals surface area contributed by atoms with Crippen LogP contribution in [0.3, 0.4) is 0 Å². The highest BCUT2D eigenvalue weighted by Gasteiger charge is 2.24. The quantitative estimate of drug-likeness (QED) is 0.795. The molecule has 4 heteroatoms. The maximum absolute atomic E-state index is 14.7. The molecule has 2 rings (SSSR count). The highest BCUT2D eigenvalue weighted by molar-refractivity contribution is 7.85. The number of halogens is 1. The largest absolute Gasteiger partial charge is 0.390 e. The molecule has 0 spiro atoms. The molecule has 2 aromatic rings. The fourth-order valence-corrected chi connectivity index (χ4v) is 3.67. The molecule has 124 valence electrons. The van der Waals surface area contributed by atoms with Crippen molar-refractivity contribution in [2.75, 3.05) is 0 Å². The number of aryl methyl sites for hydroxylation is 1. The molecule has 0 saturated carbocycles. The van der Waals surface area contributed by atoms with Gasteiger partial charge >= 0.3 is 0 Å². The first-order valence-electron chi connectivity index (χ1n) is 7.94. The van der Waals surface area contributed by atoms with Gasteiger partial charge in [0.25, 0.3) is 0 Å². The molecule has 1 N–H and O–H groups in total. The summed E-state index contributed by atoms with van der Waals surface area (Å²) in [6.45, 7) is 3.96. The van der Waals surface area contributed by atoms with Gasteiger partial charge in [-0.3, -0.25) is 0 Å². The summed E-state index contributed by atoms with van der Waals surface area (Å²) in [6, 6.07) is 14.1. The predicted molar refractivity (Wildman–Crippen MR) is 91.7 cm³/mol. The van der Waals surface area contributed by atoms with Crippen LogP contribution in [0.5, 0.6) is 0 Å². The Hall–Kier alpha value is -1.52. The van der Waals surface area contributed by atoms with Crippen LogP contribution < -0.4 is 0 Å². The second kappa shape index (κ2) is 8.37. The third-order valence-electron chi connectivity index (χ3n) is 3.84. The van der Waals surface area contributed by atoms with Gasteiger partial charge in [-0.05, 0) is 31.5 Å². The second-order valence-corrected chi connectivity index (χ2v) is 7.18. The van der Waals surface area contributed by atoms with E-state index >= 15 is 0 Å². The Morgan fingerprint density at radius 1 is 1.13 bits per heavy atom. The van der Waals surface area contributed by atoms with E-state index < -0.39 is 23.1 Å². The van der Waals surface area contributed by atoms with Crippen molar-refractivity contribution in [1.82, 2.24) is 0 Å². The van der Waals surface area contributed by atoms with Crippen LogP contribution in [0, 0.1) is 6.92 Å². The first-order valence-corrected chi connectivity index (χ1v) is 9.09. The molecule has 0 amide bonds. The van der Waals surface area contributed by atoms with Gasteiger partial charge in [-0.15, -0.1) is 0 Å². The highest BCUT2D eigenvalue weighted by atomic mass is 32.2. The minimum absolute atomic E-state index is 0.315. The van der Waals surface area contributed by atoms with Crippen LogP contribution in [0.2, 0.25) is 0 Å². The molecule has 23 heavy (non-hydrogen) atoms. The van der Waals surface area contributed by atoms with Crippen molar-refractivity contribution in [2.45, 2.75) is 55.2 Å². The zero-order valence-electron chi connectivity index (χ0n) is 13.5. The lowest BCUT2D eigenvalue weighted by atomic mass is 10.0. The van der Waals surface area contributed by atoms with Crippen LogP contribution >= 0.6 is 0 Å². The molecule has 0 unspecified atom stereocenters. The average molecular weight is 334 g/mol. The van der Waals surface area contributed by atoms with E-state index in [1.54, 1.807) is 36.4 Å². The predicted octanol–water partition coefficient (Wildman–Crippen LogP) is 4.72. The SMILES string of the molecule is CCCC[C@H](O)[C@@H](F)c1ccccc1[S@@](=O)c1ccc(C)cc1. The maximum atomic E-state index is 14.7. The van der Waals surface area contributed by atoms with E-state index in [0.717, 1.165) is 18.4 Å². The van der Waals surface area contributed by atoms with Gasteiger partial charge in [0.05, 0.1) is 16.9 Å². The Balaban J connectivity index is 2.29. The van der Waals surface area contributed by atoms with E-state index in [9.17, 15) is 13.7 Å². The van der Waals surface area contributed by atoms with Gasteiger partial charge in [0.2, 0.25) is 0 Å². The van der Waals surface area contributed by atoms with Gasteiger partial charge in [0.15, 0.2) is 6.17 Å². The number of hydrogen-bond acceptors (Lipinski definition) is 2. The minimum atomic E-state index is -1.52. The molecule has 0 radical (unpaired) electrons. The molecular weight excluding hydrogens is 311 g/mol. The number of aliphatic hydroxyl groups is 1. The Bertz CT molecular complexity index is 655. The van der Waals surface area contributed by atoms with E-state index in [2.05, 4.69) is 0 Å². The van der Waals surface area contributed by atoms with Crippen molar-refractivity contribution in [3.63, 3.8) is 0 Å². The zero-order valence-corrected chi connectivity index (χ0v) is 14.4. The third kappa shape index (κ3) is 4.49. The van der Waals surface area contributed by atoms with Crippen LogP contribution in [0.15, 0.2) is 58.3 Å². The summed E-state index contributed by atoms with van der Waals surface area (Å²) in [6.07, 6.45) is -0.507. The van der Waals surface area contributed by atoms with Gasteiger partial charge in [-0.1, -0.05) is 55.7 Å². The smallest absolute Gasteiger partial charge is 0.152 e. The number of aliphatic hydroxyl groups excluding tert-OH is 1. The van der Waals surface area contributed by atoms with Crippen LogP contribution in [0.1, 0.15) is 43.5 Å². The number of hydrogen-bond donors (Lipinski definition) is 1. The molecule has 0 aliphatic heterocycles. The lowest BCUT2D eigenvalue weighted by Gasteiger charge is -2.18. The molecule has 0 bridgehead atoms. The summed E-state index contributed by atoms with van der Waals surface area (Å²) in [7, 11) is -1.46. The summed E-state index contributed by atoms with van der Waals surface area (Å²) in [5, 5.41) is 10.0. The standard InChI is InChI=1S/C19H23FO2S/c1-3-4-8-17(21)19(20)16-7-5-6-9-18(16)23(22)15-12-10-14(2)11-13-15/h5-7,9-13,17,19,21H,3-4,8H2,1-2H3/t17-,19-,23-/m0/s1. The summed E-state index contributed by atoms with van der Waals surface area (Å²) in [4.78, 5) is 1.07. The van der Waals surface area contributed by atoms with E-state index in [4.69, 9.17) is 0 Å². The Morgan fingerprint density at radius 3 is 2.43 bits per heavy atom. The van der Waals surface area contributed by atoms with Crippen molar-refractivity contribution in [3.8, 4) is 0 Å². The van der Waals surface area contributed by atoms with Gasteiger partial charge in [0.1, 0.15) is 0 Å². The zero-order chi connectivity index (χ0) is 16.8. The molecule has 0 saturated heterocycles. The topological polar surface area (TPSA) is 37.3 Å². The molecule has 0 aromatic heterocycles. The fraction of sp³-hybridized carbons (Fsp3) is 0.368. The first-order chi connectivity index (χ1) is 11.0. The Labute approximate surface area is 139 Å². The third-order valence-corrected chi connectivity index (χ3v) is 5.31. The monoisotopic (exact) mass is 334 g/mol. The average Bonchev–Trinajstić information content (AvgIpc) is 2.59. The molecule has 0 heterocycles. The van der Waals surface area contributed by atoms with Crippen LogP contribution in [0.25, 0.3) is 0 Å². The van der Waals surface area contributed by atoms with E-state index in [1.165, 1.54) is 0 Å². The molecular formula is C19H23FO2S. The summed E-state index contributed by atoms with van der Waals surface area (Å²) in [5.41, 5.74) is 1.40. The Kier molecular flexibility index (Phi) is 6.48. The van der Waals surface area contributed by atoms with Crippen molar-refractivity contribution in [3.05, 3.63) is 59.7 Å². The highest BCUT2D eigenvalue weighted by Crippen LogP contribution is 2.31. The van der Waals surface area contributed by atoms with Crippen molar-refractivity contribution in [1.29, 1.82) is 0 Å². The van der Waals surface area contributed by atoms with Crippen LogP contribution in [-0.2, 0) is 10.8 Å². The lowest BCUT2D eigenvalue weighted by molar-refractivity contribution is 0.0671. The number of unbranched alkanes of at least 4 members (excludes halogenated alkanes) is 1. The molecule has 2 nitrogen and oxygen atoms in total. The molecule has 0 fully saturated rings. The molecule has 0 aliphatic carbocycles. The maximum Gasteiger partial charge on any atom is 0.152 e. The van der Waals surface area contributed by atoms with Crippen LogP contribution in [0.4, 0.5) is 4.39 Å². The molecule has 2 aromatic carbocycles. The lowest BCUT2D eigenvalue weighted by Crippen LogP contribution is -2.16. The first kappa shape index (κ1) is 17.8. The van der Waals surface area contributed by atoms with E-state index in [-0.39, 0.29) is 0 Å². The van der Waals surface area contributed by atoms with E-state index in [0.29, 0.717) is 21.8 Å². The van der Waals surface area contributed by atoms with Gasteiger partial charge in [-0.25, -0.2) is 8.60 Å². The van der Waals surface area contributed by atoms with Crippen LogP contribution in [-0.4, -0.2) is 15.4 Å². The molecule has 3 atom stereocenters. The molecule has 0 aliphatic rings. The van der Waals surface area contributed by atoms with Crippen molar-refractivity contribution in [2.24, 2.45) is 0 Å².